The molecule has 0 spiro atoms. The fraction of sp³-hybridized carbons (Fsp3) is 0.429. The number of esters is 1. The van der Waals surface area contributed by atoms with Crippen LogP contribution in [0.4, 0.5) is 0 Å². The van der Waals surface area contributed by atoms with E-state index in [4.69, 9.17) is 21.2 Å². The molecule has 0 amide bonds. The Morgan fingerprint density at radius 2 is 2.16 bits per heavy atom. The highest BCUT2D eigenvalue weighted by atomic mass is 35.5. The molecule has 0 unspecified atom stereocenters. The first-order valence-corrected chi connectivity index (χ1v) is 6.53. The van der Waals surface area contributed by atoms with Crippen LogP contribution < -0.4 is 0 Å². The Kier molecular flexibility index (Phi) is 6.97. The third-order valence-corrected chi connectivity index (χ3v) is 2.49. The van der Waals surface area contributed by atoms with Crippen molar-refractivity contribution in [2.24, 2.45) is 11.1 Å². The summed E-state index contributed by atoms with van der Waals surface area (Å²) in [5, 5.41) is 4.36. The Labute approximate surface area is 118 Å². The Balaban J connectivity index is 2.20. The van der Waals surface area contributed by atoms with Gasteiger partial charge >= 0.3 is 5.97 Å². The second-order valence-corrected chi connectivity index (χ2v) is 4.82. The number of benzene rings is 1. The van der Waals surface area contributed by atoms with E-state index in [0.717, 1.165) is 5.56 Å². The molecule has 19 heavy (non-hydrogen) atoms. The highest BCUT2D eigenvalue weighted by molar-refractivity contribution is 6.33. The lowest BCUT2D eigenvalue weighted by atomic mass is 10.2. The molecule has 0 bridgehead atoms. The molecule has 5 heteroatoms. The minimum Gasteiger partial charge on any atom is -0.465 e. The Morgan fingerprint density at radius 1 is 1.42 bits per heavy atom. The highest BCUT2D eigenvalue weighted by Gasteiger charge is 2.04. The number of nitrogens with zero attached hydrogens (tertiary/aromatic N) is 1. The van der Waals surface area contributed by atoms with Crippen molar-refractivity contribution in [1.29, 1.82) is 0 Å². The summed E-state index contributed by atoms with van der Waals surface area (Å²) in [5.41, 5.74) is 0.770. The zero-order valence-electron chi connectivity index (χ0n) is 11.1. The van der Waals surface area contributed by atoms with Crippen molar-refractivity contribution < 1.29 is 14.4 Å². The van der Waals surface area contributed by atoms with Gasteiger partial charge in [-0.05, 0) is 12.0 Å². The van der Waals surface area contributed by atoms with Crippen molar-refractivity contribution in [3.05, 3.63) is 34.9 Å². The first-order valence-electron chi connectivity index (χ1n) is 6.15. The summed E-state index contributed by atoms with van der Waals surface area (Å²) in [4.78, 5) is 16.2. The molecule has 4 nitrogen and oxygen atoms in total. The van der Waals surface area contributed by atoms with Gasteiger partial charge in [-0.25, -0.2) is 0 Å². The Morgan fingerprint density at radius 3 is 2.84 bits per heavy atom. The van der Waals surface area contributed by atoms with Crippen molar-refractivity contribution >= 4 is 23.8 Å². The van der Waals surface area contributed by atoms with Gasteiger partial charge in [0.2, 0.25) is 0 Å². The van der Waals surface area contributed by atoms with Gasteiger partial charge in [0.15, 0.2) is 0 Å². The summed E-state index contributed by atoms with van der Waals surface area (Å²) in [5.74, 6) is 0.0600. The van der Waals surface area contributed by atoms with Crippen LogP contribution in [0.3, 0.4) is 0 Å². The molecular formula is C14H18ClNO3. The number of halogens is 1. The largest absolute Gasteiger partial charge is 0.465 e. The van der Waals surface area contributed by atoms with Crippen LogP contribution in [0, 0.1) is 5.92 Å². The molecule has 0 radical (unpaired) electrons. The van der Waals surface area contributed by atoms with Gasteiger partial charge in [0.1, 0.15) is 6.61 Å². The van der Waals surface area contributed by atoms with E-state index in [1.54, 1.807) is 6.07 Å². The van der Waals surface area contributed by atoms with Gasteiger partial charge < -0.3 is 9.57 Å². The van der Waals surface area contributed by atoms with Crippen LogP contribution in [0.15, 0.2) is 29.4 Å². The Bertz CT molecular complexity index is 432. The van der Waals surface area contributed by atoms with Gasteiger partial charge in [-0.3, -0.25) is 4.79 Å². The molecular weight excluding hydrogens is 266 g/mol. The summed E-state index contributed by atoms with van der Waals surface area (Å²) < 4.78 is 5.00. The molecule has 0 aliphatic rings. The van der Waals surface area contributed by atoms with E-state index in [0.29, 0.717) is 17.5 Å². The van der Waals surface area contributed by atoms with Crippen molar-refractivity contribution in [3.8, 4) is 0 Å². The van der Waals surface area contributed by atoms with Crippen molar-refractivity contribution in [3.63, 3.8) is 0 Å². The van der Waals surface area contributed by atoms with Crippen LogP contribution in [0.25, 0.3) is 0 Å². The number of ether oxygens (including phenoxy) is 1. The fourth-order valence-corrected chi connectivity index (χ4v) is 1.37. The molecule has 0 fully saturated rings. The number of oxime groups is 1. The van der Waals surface area contributed by atoms with E-state index in [1.807, 2.05) is 32.0 Å². The average Bonchev–Trinajstić information content (AvgIpc) is 2.38. The number of rotatable bonds is 7. The van der Waals surface area contributed by atoms with Crippen LogP contribution in [0.5, 0.6) is 0 Å². The number of carbonyl (C=O) groups excluding carboxylic acids is 1. The minimum atomic E-state index is -0.276. The SMILES string of the molecule is CC(C)COC(=O)CCO/N=C/c1ccccc1Cl. The summed E-state index contributed by atoms with van der Waals surface area (Å²) in [6.45, 7) is 4.59. The van der Waals surface area contributed by atoms with Crippen molar-refractivity contribution in [2.45, 2.75) is 20.3 Å². The van der Waals surface area contributed by atoms with Crippen LogP contribution in [-0.4, -0.2) is 25.4 Å². The topological polar surface area (TPSA) is 47.9 Å². The summed E-state index contributed by atoms with van der Waals surface area (Å²) in [7, 11) is 0. The maximum atomic E-state index is 11.3. The molecule has 0 aromatic heterocycles. The first kappa shape index (κ1) is 15.5. The monoisotopic (exact) mass is 283 g/mol. The molecule has 104 valence electrons. The average molecular weight is 284 g/mol. The van der Waals surface area contributed by atoms with Crippen LogP contribution in [0.1, 0.15) is 25.8 Å². The van der Waals surface area contributed by atoms with Gasteiger partial charge in [-0.2, -0.15) is 0 Å². The second-order valence-electron chi connectivity index (χ2n) is 4.42. The van der Waals surface area contributed by atoms with Crippen LogP contribution >= 0.6 is 11.6 Å². The predicted octanol–water partition coefficient (Wildman–Crippen LogP) is 3.28. The molecule has 0 saturated carbocycles. The number of carbonyl (C=O) groups is 1. The zero-order chi connectivity index (χ0) is 14.1. The Hall–Kier alpha value is -1.55. The lowest BCUT2D eigenvalue weighted by molar-refractivity contribution is -0.145. The molecule has 1 aromatic carbocycles. The van der Waals surface area contributed by atoms with Crippen molar-refractivity contribution in [2.75, 3.05) is 13.2 Å². The van der Waals surface area contributed by atoms with Gasteiger partial charge in [-0.15, -0.1) is 0 Å². The van der Waals surface area contributed by atoms with E-state index >= 15 is 0 Å². The van der Waals surface area contributed by atoms with E-state index in [2.05, 4.69) is 5.16 Å². The molecule has 0 aliphatic carbocycles. The molecule has 0 heterocycles. The second kappa shape index (κ2) is 8.53. The number of hydrogen-bond donors (Lipinski definition) is 0. The van der Waals surface area contributed by atoms with Gasteiger partial charge in [-0.1, -0.05) is 48.8 Å². The molecule has 1 rings (SSSR count). The third-order valence-electron chi connectivity index (χ3n) is 2.15. The standard InChI is InChI=1S/C14H18ClNO3/c1-11(2)10-18-14(17)7-8-19-16-9-12-5-3-4-6-13(12)15/h3-6,9,11H,7-8,10H2,1-2H3/b16-9+. The maximum absolute atomic E-state index is 11.3. The smallest absolute Gasteiger partial charge is 0.309 e. The normalized spacial score (nSPS) is 10.9. The maximum Gasteiger partial charge on any atom is 0.309 e. The number of hydrogen-bond acceptors (Lipinski definition) is 4. The zero-order valence-corrected chi connectivity index (χ0v) is 11.9. The molecule has 0 atom stereocenters. The summed E-state index contributed by atoms with van der Waals surface area (Å²) in [6, 6.07) is 7.29. The van der Waals surface area contributed by atoms with Gasteiger partial charge in [0.05, 0.1) is 19.2 Å². The quantitative estimate of drug-likeness (QED) is 0.334. The minimum absolute atomic E-state index is 0.187. The van der Waals surface area contributed by atoms with E-state index in [-0.39, 0.29) is 19.0 Å². The van der Waals surface area contributed by atoms with Crippen LogP contribution in [0.2, 0.25) is 5.02 Å². The molecule has 0 N–H and O–H groups in total. The van der Waals surface area contributed by atoms with Crippen molar-refractivity contribution in [1.82, 2.24) is 0 Å². The van der Waals surface area contributed by atoms with Crippen LogP contribution in [-0.2, 0) is 14.4 Å². The van der Waals surface area contributed by atoms with Gasteiger partial charge in [0, 0.05) is 10.6 Å². The fourth-order valence-electron chi connectivity index (χ4n) is 1.19. The lowest BCUT2D eigenvalue weighted by Crippen LogP contribution is -2.11. The molecule has 0 saturated heterocycles. The summed E-state index contributed by atoms with van der Waals surface area (Å²) in [6.07, 6.45) is 1.70. The lowest BCUT2D eigenvalue weighted by Gasteiger charge is -2.06. The van der Waals surface area contributed by atoms with E-state index < -0.39 is 0 Å². The predicted molar refractivity (Wildman–Crippen MR) is 75.4 cm³/mol. The van der Waals surface area contributed by atoms with E-state index in [9.17, 15) is 4.79 Å². The first-order chi connectivity index (χ1) is 9.09. The van der Waals surface area contributed by atoms with E-state index in [1.165, 1.54) is 6.21 Å². The van der Waals surface area contributed by atoms with Gasteiger partial charge in [0.25, 0.3) is 0 Å². The molecule has 1 aromatic rings. The highest BCUT2D eigenvalue weighted by Crippen LogP contribution is 2.12. The summed E-state index contributed by atoms with van der Waals surface area (Å²) >= 11 is 5.94. The molecule has 0 aliphatic heterocycles. The third kappa shape index (κ3) is 6.82.